The summed E-state index contributed by atoms with van der Waals surface area (Å²) >= 11 is 0. The molecular weight excluding hydrogens is 198 g/mol. The van der Waals surface area contributed by atoms with Gasteiger partial charge < -0.3 is 10.6 Å². The number of hydrogen-bond acceptors (Lipinski definition) is 3. The summed E-state index contributed by atoms with van der Waals surface area (Å²) in [5.74, 6) is 0.600. The van der Waals surface area contributed by atoms with Gasteiger partial charge in [-0.2, -0.15) is 5.26 Å². The number of anilines is 2. The van der Waals surface area contributed by atoms with Crippen LogP contribution in [-0.4, -0.2) is 13.1 Å². The number of nitriles is 1. The van der Waals surface area contributed by atoms with Gasteiger partial charge >= 0.3 is 0 Å². The minimum atomic E-state index is 0.548. The van der Waals surface area contributed by atoms with Crippen LogP contribution >= 0.6 is 0 Å². The van der Waals surface area contributed by atoms with Gasteiger partial charge in [-0.3, -0.25) is 0 Å². The van der Waals surface area contributed by atoms with E-state index in [1.807, 2.05) is 12.1 Å². The standard InChI is InChI=1S/C13H19N3/c1-4-16(9-10(2)3)12-5-6-13(15)11(7-12)8-14/h5-7,10H,4,9,15H2,1-3H3. The van der Waals surface area contributed by atoms with E-state index in [0.717, 1.165) is 18.8 Å². The fourth-order valence-electron chi connectivity index (χ4n) is 1.70. The number of hydrogen-bond donors (Lipinski definition) is 1. The molecule has 0 aliphatic carbocycles. The lowest BCUT2D eigenvalue weighted by Crippen LogP contribution is -2.27. The molecular formula is C13H19N3. The summed E-state index contributed by atoms with van der Waals surface area (Å²) in [6.45, 7) is 8.42. The Hall–Kier alpha value is -1.69. The Balaban J connectivity index is 2.98. The lowest BCUT2D eigenvalue weighted by molar-refractivity contribution is 0.619. The van der Waals surface area contributed by atoms with E-state index in [0.29, 0.717) is 17.2 Å². The summed E-state index contributed by atoms with van der Waals surface area (Å²) in [5.41, 5.74) is 7.88. The van der Waals surface area contributed by atoms with E-state index in [-0.39, 0.29) is 0 Å². The second-order valence-corrected chi connectivity index (χ2v) is 4.32. The van der Waals surface area contributed by atoms with Gasteiger partial charge in [0.25, 0.3) is 0 Å². The van der Waals surface area contributed by atoms with Gasteiger partial charge in [0.1, 0.15) is 6.07 Å². The van der Waals surface area contributed by atoms with Crippen LogP contribution in [0.25, 0.3) is 0 Å². The number of nitrogen functional groups attached to an aromatic ring is 1. The average molecular weight is 217 g/mol. The largest absolute Gasteiger partial charge is 0.398 e. The summed E-state index contributed by atoms with van der Waals surface area (Å²) in [6, 6.07) is 7.76. The first kappa shape index (κ1) is 12.4. The zero-order valence-corrected chi connectivity index (χ0v) is 10.2. The van der Waals surface area contributed by atoms with E-state index in [4.69, 9.17) is 11.0 Å². The van der Waals surface area contributed by atoms with Crippen LogP contribution in [0.4, 0.5) is 11.4 Å². The highest BCUT2D eigenvalue weighted by Gasteiger charge is 2.08. The van der Waals surface area contributed by atoms with Gasteiger partial charge in [0, 0.05) is 24.5 Å². The zero-order valence-electron chi connectivity index (χ0n) is 10.2. The van der Waals surface area contributed by atoms with E-state index in [2.05, 4.69) is 31.7 Å². The smallest absolute Gasteiger partial charge is 0.101 e. The molecule has 0 radical (unpaired) electrons. The first-order chi connectivity index (χ1) is 7.58. The van der Waals surface area contributed by atoms with Crippen LogP contribution in [0, 0.1) is 17.2 Å². The van der Waals surface area contributed by atoms with Crippen LogP contribution in [-0.2, 0) is 0 Å². The average Bonchev–Trinajstić information content (AvgIpc) is 2.26. The molecule has 0 fully saturated rings. The molecule has 0 heterocycles. The first-order valence-electron chi connectivity index (χ1n) is 5.63. The summed E-state index contributed by atoms with van der Waals surface area (Å²) in [6.07, 6.45) is 0. The van der Waals surface area contributed by atoms with Crippen molar-refractivity contribution < 1.29 is 0 Å². The van der Waals surface area contributed by atoms with Crippen molar-refractivity contribution in [3.63, 3.8) is 0 Å². The van der Waals surface area contributed by atoms with Gasteiger partial charge in [-0.05, 0) is 31.0 Å². The van der Waals surface area contributed by atoms with Gasteiger partial charge in [-0.25, -0.2) is 0 Å². The summed E-state index contributed by atoms with van der Waals surface area (Å²) in [7, 11) is 0. The first-order valence-corrected chi connectivity index (χ1v) is 5.63. The quantitative estimate of drug-likeness (QED) is 0.789. The molecule has 3 heteroatoms. The number of nitrogens with two attached hydrogens (primary N) is 1. The highest BCUT2D eigenvalue weighted by Crippen LogP contribution is 2.21. The van der Waals surface area contributed by atoms with Crippen LogP contribution in [0.3, 0.4) is 0 Å². The van der Waals surface area contributed by atoms with Crippen molar-refractivity contribution in [2.24, 2.45) is 5.92 Å². The minimum absolute atomic E-state index is 0.548. The van der Waals surface area contributed by atoms with Crippen molar-refractivity contribution in [2.45, 2.75) is 20.8 Å². The lowest BCUT2D eigenvalue weighted by atomic mass is 10.1. The van der Waals surface area contributed by atoms with Crippen LogP contribution in [0.15, 0.2) is 18.2 Å². The third kappa shape index (κ3) is 2.90. The van der Waals surface area contributed by atoms with Gasteiger partial charge in [0.15, 0.2) is 0 Å². The molecule has 1 aromatic carbocycles. The molecule has 0 aromatic heterocycles. The number of rotatable bonds is 4. The zero-order chi connectivity index (χ0) is 12.1. The number of nitrogens with zero attached hydrogens (tertiary/aromatic N) is 2. The van der Waals surface area contributed by atoms with E-state index >= 15 is 0 Å². The lowest BCUT2D eigenvalue weighted by Gasteiger charge is -2.25. The number of benzene rings is 1. The Morgan fingerprint density at radius 2 is 2.12 bits per heavy atom. The second-order valence-electron chi connectivity index (χ2n) is 4.32. The SMILES string of the molecule is CCN(CC(C)C)c1ccc(N)c(C#N)c1. The molecule has 0 saturated carbocycles. The van der Waals surface area contributed by atoms with Crippen molar-refractivity contribution in [1.29, 1.82) is 5.26 Å². The minimum Gasteiger partial charge on any atom is -0.398 e. The van der Waals surface area contributed by atoms with Crippen molar-refractivity contribution in [3.05, 3.63) is 23.8 Å². The Labute approximate surface area is 97.5 Å². The summed E-state index contributed by atoms with van der Waals surface area (Å²) in [5, 5.41) is 8.93. The van der Waals surface area contributed by atoms with Gasteiger partial charge in [0.2, 0.25) is 0 Å². The summed E-state index contributed by atoms with van der Waals surface area (Å²) in [4.78, 5) is 2.25. The molecule has 0 unspecified atom stereocenters. The highest BCUT2D eigenvalue weighted by atomic mass is 15.1. The van der Waals surface area contributed by atoms with Gasteiger partial charge in [0.05, 0.1) is 5.56 Å². The normalized spacial score (nSPS) is 10.2. The molecule has 0 spiro atoms. The van der Waals surface area contributed by atoms with Crippen LogP contribution in [0.1, 0.15) is 26.3 Å². The van der Waals surface area contributed by atoms with Crippen LogP contribution in [0.5, 0.6) is 0 Å². The second kappa shape index (κ2) is 5.41. The fourth-order valence-corrected chi connectivity index (χ4v) is 1.70. The van der Waals surface area contributed by atoms with Crippen molar-refractivity contribution in [1.82, 2.24) is 0 Å². The van der Waals surface area contributed by atoms with E-state index in [1.54, 1.807) is 6.07 Å². The third-order valence-electron chi connectivity index (χ3n) is 2.49. The van der Waals surface area contributed by atoms with Crippen molar-refractivity contribution in [2.75, 3.05) is 23.7 Å². The molecule has 1 rings (SSSR count). The van der Waals surface area contributed by atoms with E-state index < -0.39 is 0 Å². The van der Waals surface area contributed by atoms with Crippen LogP contribution in [0.2, 0.25) is 0 Å². The molecule has 0 aliphatic heterocycles. The maximum atomic E-state index is 8.93. The molecule has 0 aliphatic rings. The highest BCUT2D eigenvalue weighted by molar-refractivity contribution is 5.62. The molecule has 0 bridgehead atoms. The Kier molecular flexibility index (Phi) is 4.19. The third-order valence-corrected chi connectivity index (χ3v) is 2.49. The Bertz CT molecular complexity index is 391. The maximum Gasteiger partial charge on any atom is 0.101 e. The molecule has 0 amide bonds. The fraction of sp³-hybridized carbons (Fsp3) is 0.462. The maximum absolute atomic E-state index is 8.93. The topological polar surface area (TPSA) is 53.0 Å². The van der Waals surface area contributed by atoms with Crippen molar-refractivity contribution >= 4 is 11.4 Å². The molecule has 3 nitrogen and oxygen atoms in total. The van der Waals surface area contributed by atoms with E-state index in [1.165, 1.54) is 0 Å². The molecule has 2 N–H and O–H groups in total. The van der Waals surface area contributed by atoms with Crippen molar-refractivity contribution in [3.8, 4) is 6.07 Å². The van der Waals surface area contributed by atoms with Gasteiger partial charge in [-0.15, -0.1) is 0 Å². The summed E-state index contributed by atoms with van der Waals surface area (Å²) < 4.78 is 0. The molecule has 1 aromatic rings. The molecule has 86 valence electrons. The Morgan fingerprint density at radius 3 is 2.62 bits per heavy atom. The predicted octanol–water partition coefficient (Wildman–Crippen LogP) is 2.62. The monoisotopic (exact) mass is 217 g/mol. The van der Waals surface area contributed by atoms with Crippen LogP contribution < -0.4 is 10.6 Å². The predicted molar refractivity (Wildman–Crippen MR) is 68.3 cm³/mol. The van der Waals surface area contributed by atoms with Gasteiger partial charge in [-0.1, -0.05) is 13.8 Å². The Morgan fingerprint density at radius 1 is 1.44 bits per heavy atom. The molecule has 0 saturated heterocycles. The van der Waals surface area contributed by atoms with E-state index in [9.17, 15) is 0 Å². The molecule has 16 heavy (non-hydrogen) atoms. The molecule has 0 atom stereocenters.